The summed E-state index contributed by atoms with van der Waals surface area (Å²) in [7, 11) is 0. The van der Waals surface area contributed by atoms with Crippen LogP contribution in [0.4, 0.5) is 13.2 Å². The van der Waals surface area contributed by atoms with Crippen molar-refractivity contribution < 1.29 is 32.6 Å². The Morgan fingerprint density at radius 3 is 2.32 bits per heavy atom. The van der Waals surface area contributed by atoms with E-state index in [0.717, 1.165) is 12.1 Å². The summed E-state index contributed by atoms with van der Waals surface area (Å²) in [6.07, 6.45) is -3.35. The molecule has 5 nitrogen and oxygen atoms in total. The fraction of sp³-hybridized carbons (Fsp3) is 0.429. The molecular formula is C14H14F3NO4. The van der Waals surface area contributed by atoms with Gasteiger partial charge in [-0.3, -0.25) is 9.59 Å². The van der Waals surface area contributed by atoms with Gasteiger partial charge in [-0.15, -0.1) is 13.2 Å². The Hall–Kier alpha value is -2.25. The second kappa shape index (κ2) is 6.25. The smallest absolute Gasteiger partial charge is 0.481 e. The maximum atomic E-state index is 12.0. The lowest BCUT2D eigenvalue weighted by Gasteiger charge is -2.13. The van der Waals surface area contributed by atoms with Gasteiger partial charge < -0.3 is 15.2 Å². The van der Waals surface area contributed by atoms with Crippen LogP contribution in [0.3, 0.4) is 0 Å². The van der Waals surface area contributed by atoms with Crippen LogP contribution in [-0.4, -0.2) is 29.4 Å². The number of nitrogens with one attached hydrogen (secondary N) is 1. The van der Waals surface area contributed by atoms with E-state index in [1.165, 1.54) is 12.1 Å². The molecular weight excluding hydrogens is 303 g/mol. The summed E-state index contributed by atoms with van der Waals surface area (Å²) in [5.74, 6) is -2.20. The van der Waals surface area contributed by atoms with Gasteiger partial charge in [0.25, 0.3) is 5.91 Å². The summed E-state index contributed by atoms with van der Waals surface area (Å²) in [5, 5.41) is 11.6. The normalized spacial score (nSPS) is 21.4. The number of carboxylic acid groups (broad SMARTS) is 1. The zero-order chi connectivity index (χ0) is 16.3. The molecule has 0 bridgehead atoms. The largest absolute Gasteiger partial charge is 0.573 e. The van der Waals surface area contributed by atoms with Gasteiger partial charge in [-0.1, -0.05) is 0 Å². The van der Waals surface area contributed by atoms with E-state index in [9.17, 15) is 22.8 Å². The Bertz CT molecular complexity index is 556. The number of alkyl halides is 3. The van der Waals surface area contributed by atoms with Gasteiger partial charge in [-0.2, -0.15) is 0 Å². The van der Waals surface area contributed by atoms with Crippen molar-refractivity contribution >= 4 is 11.9 Å². The summed E-state index contributed by atoms with van der Waals surface area (Å²) in [5.41, 5.74) is 0.188. The second-order valence-corrected chi connectivity index (χ2v) is 5.09. The number of halogens is 3. The molecule has 120 valence electrons. The van der Waals surface area contributed by atoms with E-state index in [0.29, 0.717) is 19.3 Å². The molecule has 8 heteroatoms. The highest BCUT2D eigenvalue weighted by Gasteiger charge is 2.32. The highest BCUT2D eigenvalue weighted by Crippen LogP contribution is 2.26. The molecule has 1 aliphatic rings. The summed E-state index contributed by atoms with van der Waals surface area (Å²) >= 11 is 0. The molecule has 0 heterocycles. The minimum atomic E-state index is -4.78. The van der Waals surface area contributed by atoms with Gasteiger partial charge in [0.1, 0.15) is 5.75 Å². The lowest BCUT2D eigenvalue weighted by Crippen LogP contribution is -2.33. The van der Waals surface area contributed by atoms with E-state index in [1.54, 1.807) is 0 Å². The van der Waals surface area contributed by atoms with Crippen molar-refractivity contribution in [2.75, 3.05) is 0 Å². The number of hydrogen-bond acceptors (Lipinski definition) is 3. The molecule has 2 atom stereocenters. The Morgan fingerprint density at radius 1 is 1.18 bits per heavy atom. The Kier molecular flexibility index (Phi) is 4.58. The fourth-order valence-electron chi connectivity index (χ4n) is 2.41. The Labute approximate surface area is 124 Å². The fourth-order valence-corrected chi connectivity index (χ4v) is 2.41. The topological polar surface area (TPSA) is 75.6 Å². The van der Waals surface area contributed by atoms with Gasteiger partial charge in [0.05, 0.1) is 5.92 Å². The molecule has 1 saturated carbocycles. The minimum absolute atomic E-state index is 0.188. The first kappa shape index (κ1) is 16.1. The number of rotatable bonds is 4. The zero-order valence-corrected chi connectivity index (χ0v) is 11.4. The third-order valence-corrected chi connectivity index (χ3v) is 3.47. The third-order valence-electron chi connectivity index (χ3n) is 3.47. The molecule has 22 heavy (non-hydrogen) atoms. The van der Waals surface area contributed by atoms with E-state index in [4.69, 9.17) is 5.11 Å². The predicted molar refractivity (Wildman–Crippen MR) is 69.4 cm³/mol. The maximum absolute atomic E-state index is 12.0. The van der Waals surface area contributed by atoms with E-state index < -0.39 is 29.9 Å². The van der Waals surface area contributed by atoms with Crippen molar-refractivity contribution in [3.05, 3.63) is 29.8 Å². The molecule has 0 unspecified atom stereocenters. The van der Waals surface area contributed by atoms with Gasteiger partial charge >= 0.3 is 12.3 Å². The lowest BCUT2D eigenvalue weighted by molar-refractivity contribution is -0.274. The van der Waals surface area contributed by atoms with E-state index in [-0.39, 0.29) is 11.6 Å². The van der Waals surface area contributed by atoms with Crippen molar-refractivity contribution in [3.8, 4) is 5.75 Å². The molecule has 1 fully saturated rings. The molecule has 0 aromatic heterocycles. The molecule has 1 aliphatic carbocycles. The van der Waals surface area contributed by atoms with Crippen molar-refractivity contribution in [3.63, 3.8) is 0 Å². The Balaban J connectivity index is 1.92. The van der Waals surface area contributed by atoms with Crippen molar-refractivity contribution in [2.24, 2.45) is 5.92 Å². The number of ether oxygens (including phenoxy) is 1. The highest BCUT2D eigenvalue weighted by atomic mass is 19.4. The SMILES string of the molecule is O=C(N[C@@H]1CC[C@H](C(=O)O)C1)c1ccc(OC(F)(F)F)cc1. The summed E-state index contributed by atoms with van der Waals surface area (Å²) in [6.45, 7) is 0. The van der Waals surface area contributed by atoms with Gasteiger partial charge in [0.2, 0.25) is 0 Å². The third kappa shape index (κ3) is 4.37. The van der Waals surface area contributed by atoms with Gasteiger partial charge in [0.15, 0.2) is 0 Å². The van der Waals surface area contributed by atoms with Crippen LogP contribution >= 0.6 is 0 Å². The van der Waals surface area contributed by atoms with E-state index in [1.807, 2.05) is 0 Å². The molecule has 1 amide bonds. The van der Waals surface area contributed by atoms with Gasteiger partial charge in [0, 0.05) is 11.6 Å². The predicted octanol–water partition coefficient (Wildman–Crippen LogP) is 2.57. The van der Waals surface area contributed by atoms with Gasteiger partial charge in [-0.05, 0) is 43.5 Å². The number of carbonyl (C=O) groups excluding carboxylic acids is 1. The Morgan fingerprint density at radius 2 is 1.82 bits per heavy atom. The van der Waals surface area contributed by atoms with Crippen LogP contribution < -0.4 is 10.1 Å². The first-order valence-corrected chi connectivity index (χ1v) is 6.64. The average molecular weight is 317 g/mol. The number of carbonyl (C=O) groups is 2. The molecule has 2 rings (SSSR count). The quantitative estimate of drug-likeness (QED) is 0.895. The van der Waals surface area contributed by atoms with Crippen molar-refractivity contribution in [2.45, 2.75) is 31.7 Å². The second-order valence-electron chi connectivity index (χ2n) is 5.09. The maximum Gasteiger partial charge on any atom is 0.573 e. The molecule has 1 aromatic rings. The van der Waals surface area contributed by atoms with Crippen LogP contribution in [0.25, 0.3) is 0 Å². The van der Waals surface area contributed by atoms with E-state index in [2.05, 4.69) is 10.1 Å². The molecule has 1 aromatic carbocycles. The van der Waals surface area contributed by atoms with Gasteiger partial charge in [-0.25, -0.2) is 0 Å². The standard InChI is InChI=1S/C14H14F3NO4/c15-14(16,17)22-11-5-2-8(3-6-11)12(19)18-10-4-1-9(7-10)13(20)21/h2-3,5-6,9-10H,1,4,7H2,(H,18,19)(H,20,21)/t9-,10+/m0/s1. The number of amides is 1. The molecule has 0 saturated heterocycles. The lowest BCUT2D eigenvalue weighted by atomic mass is 10.1. The first-order chi connectivity index (χ1) is 10.2. The number of hydrogen-bond donors (Lipinski definition) is 2. The molecule has 2 N–H and O–H groups in total. The monoisotopic (exact) mass is 317 g/mol. The number of carboxylic acids is 1. The molecule has 0 radical (unpaired) electrons. The van der Waals surface area contributed by atoms with Crippen LogP contribution in [0.5, 0.6) is 5.75 Å². The van der Waals surface area contributed by atoms with Crippen LogP contribution in [-0.2, 0) is 4.79 Å². The van der Waals surface area contributed by atoms with Crippen LogP contribution in [0.2, 0.25) is 0 Å². The highest BCUT2D eigenvalue weighted by molar-refractivity contribution is 5.94. The van der Waals surface area contributed by atoms with Crippen LogP contribution in [0.1, 0.15) is 29.6 Å². The van der Waals surface area contributed by atoms with E-state index >= 15 is 0 Å². The minimum Gasteiger partial charge on any atom is -0.481 e. The number of benzene rings is 1. The summed E-state index contributed by atoms with van der Waals surface area (Å²) in [6, 6.07) is 4.31. The first-order valence-electron chi connectivity index (χ1n) is 6.64. The van der Waals surface area contributed by atoms with Crippen molar-refractivity contribution in [1.82, 2.24) is 5.32 Å². The average Bonchev–Trinajstić information content (AvgIpc) is 2.86. The molecule has 0 spiro atoms. The number of aliphatic carboxylic acids is 1. The molecule has 0 aliphatic heterocycles. The van der Waals surface area contributed by atoms with Crippen LogP contribution in [0, 0.1) is 5.92 Å². The van der Waals surface area contributed by atoms with Crippen molar-refractivity contribution in [1.29, 1.82) is 0 Å². The summed E-state index contributed by atoms with van der Waals surface area (Å²) in [4.78, 5) is 22.8. The summed E-state index contributed by atoms with van der Waals surface area (Å²) < 4.78 is 39.8. The zero-order valence-electron chi connectivity index (χ0n) is 11.4. The van der Waals surface area contributed by atoms with Crippen LogP contribution in [0.15, 0.2) is 24.3 Å².